The summed E-state index contributed by atoms with van der Waals surface area (Å²) in [4.78, 5) is 2.33. The highest BCUT2D eigenvalue weighted by atomic mass is 15.1. The highest BCUT2D eigenvalue weighted by Gasteiger charge is 2.22. The number of rotatable bonds is 2. The molecule has 84 valence electrons. The van der Waals surface area contributed by atoms with Crippen LogP contribution in [0.5, 0.6) is 0 Å². The van der Waals surface area contributed by atoms with Crippen LogP contribution in [0, 0.1) is 24.2 Å². The molecule has 0 amide bonds. The van der Waals surface area contributed by atoms with E-state index in [0.29, 0.717) is 0 Å². The molecule has 1 heterocycles. The zero-order chi connectivity index (χ0) is 11.5. The fourth-order valence-electron chi connectivity index (χ4n) is 2.34. The first-order valence-electron chi connectivity index (χ1n) is 5.98. The Bertz CT molecular complexity index is 417. The number of aryl methyl sites for hydroxylation is 2. The number of nitrogens with zero attached hydrogens (tertiary/aromatic N) is 2. The molecular weight excluding hydrogens is 196 g/mol. The van der Waals surface area contributed by atoms with Crippen molar-refractivity contribution in [1.82, 2.24) is 0 Å². The molecule has 1 fully saturated rings. The number of nitriles is 1. The van der Waals surface area contributed by atoms with Crippen LogP contribution in [0.2, 0.25) is 0 Å². The van der Waals surface area contributed by atoms with Crippen molar-refractivity contribution in [1.29, 1.82) is 5.26 Å². The maximum atomic E-state index is 8.90. The third-order valence-electron chi connectivity index (χ3n) is 3.45. The molecule has 0 saturated carbocycles. The van der Waals surface area contributed by atoms with E-state index in [1.54, 1.807) is 0 Å². The van der Waals surface area contributed by atoms with Gasteiger partial charge >= 0.3 is 0 Å². The number of hydrogen-bond acceptors (Lipinski definition) is 2. The van der Waals surface area contributed by atoms with Crippen LogP contribution in [0.1, 0.15) is 24.5 Å². The maximum Gasteiger partial charge on any atom is 0.0675 e. The largest absolute Gasteiger partial charge is 0.370 e. The Morgan fingerprint density at radius 1 is 1.50 bits per heavy atom. The molecule has 1 aromatic carbocycles. The van der Waals surface area contributed by atoms with Crippen molar-refractivity contribution in [2.75, 3.05) is 18.0 Å². The number of benzene rings is 1. The molecule has 0 bridgehead atoms. The molecule has 0 aromatic heterocycles. The molecule has 2 heteroatoms. The van der Waals surface area contributed by atoms with E-state index < -0.39 is 0 Å². The summed E-state index contributed by atoms with van der Waals surface area (Å²) < 4.78 is 0. The van der Waals surface area contributed by atoms with Gasteiger partial charge in [-0.2, -0.15) is 5.26 Å². The second-order valence-electron chi connectivity index (χ2n) is 4.53. The normalized spacial score (nSPS) is 19.8. The SMILES string of the molecule is CCc1cc(N2CCC(C#N)C2)ccc1C. The molecule has 1 aromatic rings. The van der Waals surface area contributed by atoms with Gasteiger partial charge in [0.15, 0.2) is 0 Å². The minimum absolute atomic E-state index is 0.214. The van der Waals surface area contributed by atoms with Crippen LogP contribution in [0.4, 0.5) is 5.69 Å². The Hall–Kier alpha value is -1.49. The second kappa shape index (κ2) is 4.57. The first-order chi connectivity index (χ1) is 7.74. The second-order valence-corrected chi connectivity index (χ2v) is 4.53. The Labute approximate surface area is 97.5 Å². The molecule has 1 saturated heterocycles. The summed E-state index contributed by atoms with van der Waals surface area (Å²) in [7, 11) is 0. The lowest BCUT2D eigenvalue weighted by molar-refractivity contribution is 0.755. The van der Waals surface area contributed by atoms with Crippen LogP contribution in [0.15, 0.2) is 18.2 Å². The van der Waals surface area contributed by atoms with Gasteiger partial charge in [0, 0.05) is 18.8 Å². The van der Waals surface area contributed by atoms with Gasteiger partial charge in [-0.05, 0) is 43.0 Å². The summed E-state index contributed by atoms with van der Waals surface area (Å²) >= 11 is 0. The maximum absolute atomic E-state index is 8.90. The standard InChI is InChI=1S/C14H18N2/c1-3-13-8-14(5-4-11(13)2)16-7-6-12(9-15)10-16/h4-5,8,12H,3,6-7,10H2,1-2H3. The molecule has 0 spiro atoms. The van der Waals surface area contributed by atoms with Gasteiger partial charge in [0.25, 0.3) is 0 Å². The summed E-state index contributed by atoms with van der Waals surface area (Å²) in [6.07, 6.45) is 2.08. The topological polar surface area (TPSA) is 27.0 Å². The van der Waals surface area contributed by atoms with Crippen molar-refractivity contribution in [2.45, 2.75) is 26.7 Å². The molecule has 0 N–H and O–H groups in total. The molecular formula is C14H18N2. The zero-order valence-electron chi connectivity index (χ0n) is 10.0. The van der Waals surface area contributed by atoms with Gasteiger partial charge in [0.1, 0.15) is 0 Å². The third-order valence-corrected chi connectivity index (χ3v) is 3.45. The Morgan fingerprint density at radius 3 is 2.94 bits per heavy atom. The highest BCUT2D eigenvalue weighted by molar-refractivity contribution is 5.52. The van der Waals surface area contributed by atoms with Crippen molar-refractivity contribution in [3.8, 4) is 6.07 Å². The third kappa shape index (κ3) is 2.04. The van der Waals surface area contributed by atoms with Crippen molar-refractivity contribution in [3.63, 3.8) is 0 Å². The fraction of sp³-hybridized carbons (Fsp3) is 0.500. The smallest absolute Gasteiger partial charge is 0.0675 e. The van der Waals surface area contributed by atoms with Crippen LogP contribution >= 0.6 is 0 Å². The molecule has 1 aliphatic rings. The van der Waals surface area contributed by atoms with E-state index in [9.17, 15) is 0 Å². The monoisotopic (exact) mass is 214 g/mol. The molecule has 2 rings (SSSR count). The van der Waals surface area contributed by atoms with E-state index in [1.165, 1.54) is 16.8 Å². The predicted octanol–water partition coefficient (Wildman–Crippen LogP) is 2.91. The minimum Gasteiger partial charge on any atom is -0.370 e. The van der Waals surface area contributed by atoms with Gasteiger partial charge in [0.05, 0.1) is 12.0 Å². The molecule has 1 aliphatic heterocycles. The van der Waals surface area contributed by atoms with Gasteiger partial charge in [-0.1, -0.05) is 13.0 Å². The lowest BCUT2D eigenvalue weighted by Gasteiger charge is -2.19. The Balaban J connectivity index is 2.19. The molecule has 0 radical (unpaired) electrons. The van der Waals surface area contributed by atoms with E-state index in [0.717, 1.165) is 25.9 Å². The average molecular weight is 214 g/mol. The quantitative estimate of drug-likeness (QED) is 0.757. The first-order valence-corrected chi connectivity index (χ1v) is 5.98. The summed E-state index contributed by atoms with van der Waals surface area (Å²) in [6.45, 7) is 6.26. The van der Waals surface area contributed by atoms with E-state index in [2.05, 4.69) is 43.0 Å². The summed E-state index contributed by atoms with van der Waals surface area (Å²) in [5.41, 5.74) is 4.06. The summed E-state index contributed by atoms with van der Waals surface area (Å²) in [5, 5.41) is 8.90. The van der Waals surface area contributed by atoms with Crippen molar-refractivity contribution in [3.05, 3.63) is 29.3 Å². The van der Waals surface area contributed by atoms with E-state index >= 15 is 0 Å². The molecule has 0 aliphatic carbocycles. The van der Waals surface area contributed by atoms with Gasteiger partial charge in [-0.3, -0.25) is 0 Å². The first kappa shape index (κ1) is 11.0. The molecule has 1 unspecified atom stereocenters. The van der Waals surface area contributed by atoms with Crippen LogP contribution in [-0.2, 0) is 6.42 Å². The van der Waals surface area contributed by atoms with Crippen molar-refractivity contribution in [2.24, 2.45) is 5.92 Å². The Kier molecular flexibility index (Phi) is 3.14. The van der Waals surface area contributed by atoms with Crippen LogP contribution in [-0.4, -0.2) is 13.1 Å². The lowest BCUT2D eigenvalue weighted by Crippen LogP contribution is -2.19. The summed E-state index contributed by atoms with van der Waals surface area (Å²) in [6, 6.07) is 9.00. The van der Waals surface area contributed by atoms with Gasteiger partial charge in [-0.15, -0.1) is 0 Å². The molecule has 2 nitrogen and oxygen atoms in total. The number of hydrogen-bond donors (Lipinski definition) is 0. The van der Waals surface area contributed by atoms with E-state index in [4.69, 9.17) is 5.26 Å². The lowest BCUT2D eigenvalue weighted by atomic mass is 10.1. The highest BCUT2D eigenvalue weighted by Crippen LogP contribution is 2.25. The van der Waals surface area contributed by atoms with Crippen molar-refractivity contribution >= 4 is 5.69 Å². The summed E-state index contributed by atoms with van der Waals surface area (Å²) in [5.74, 6) is 0.214. The van der Waals surface area contributed by atoms with Gasteiger partial charge < -0.3 is 4.90 Å². The number of anilines is 1. The zero-order valence-corrected chi connectivity index (χ0v) is 10.0. The van der Waals surface area contributed by atoms with Gasteiger partial charge in [0.2, 0.25) is 0 Å². The van der Waals surface area contributed by atoms with Gasteiger partial charge in [-0.25, -0.2) is 0 Å². The van der Waals surface area contributed by atoms with Crippen molar-refractivity contribution < 1.29 is 0 Å². The molecule has 1 atom stereocenters. The van der Waals surface area contributed by atoms with Crippen LogP contribution in [0.3, 0.4) is 0 Å². The average Bonchev–Trinajstić information content (AvgIpc) is 2.78. The van der Waals surface area contributed by atoms with E-state index in [1.807, 2.05) is 0 Å². The Morgan fingerprint density at radius 2 is 2.31 bits per heavy atom. The van der Waals surface area contributed by atoms with E-state index in [-0.39, 0.29) is 5.92 Å². The van der Waals surface area contributed by atoms with Crippen LogP contribution in [0.25, 0.3) is 0 Å². The predicted molar refractivity (Wildman–Crippen MR) is 66.5 cm³/mol. The van der Waals surface area contributed by atoms with Crippen LogP contribution < -0.4 is 4.90 Å². The minimum atomic E-state index is 0.214. The fourth-order valence-corrected chi connectivity index (χ4v) is 2.34. The molecule has 16 heavy (non-hydrogen) atoms.